The first-order chi connectivity index (χ1) is 13.0. The molecular weight excluding hydrogens is 382 g/mol. The predicted octanol–water partition coefficient (Wildman–Crippen LogP) is 2.56. The second-order valence-corrected chi connectivity index (χ2v) is 8.62. The van der Waals surface area contributed by atoms with Crippen LogP contribution < -0.4 is 0 Å². The van der Waals surface area contributed by atoms with Crippen LogP contribution in [0.25, 0.3) is 6.08 Å². The molecule has 1 aromatic carbocycles. The van der Waals surface area contributed by atoms with Crippen molar-refractivity contribution in [2.75, 3.05) is 32.4 Å². The largest absolute Gasteiger partial charge is 0.336 e. The third-order valence-electron chi connectivity index (χ3n) is 4.31. The average Bonchev–Trinajstić information content (AvgIpc) is 2.72. The van der Waals surface area contributed by atoms with Crippen molar-refractivity contribution in [2.24, 2.45) is 0 Å². The van der Waals surface area contributed by atoms with Gasteiger partial charge in [-0.15, -0.1) is 11.8 Å². The van der Waals surface area contributed by atoms with Crippen molar-refractivity contribution in [2.45, 2.75) is 5.03 Å². The molecule has 0 N–H and O–H groups in total. The Kier molecular flexibility index (Phi) is 6.30. The lowest BCUT2D eigenvalue weighted by Gasteiger charge is -2.33. The van der Waals surface area contributed by atoms with Crippen LogP contribution in [-0.2, 0) is 10.0 Å². The molecule has 0 bridgehead atoms. The summed E-state index contributed by atoms with van der Waals surface area (Å²) in [7, 11) is -3.51. The van der Waals surface area contributed by atoms with Crippen molar-refractivity contribution in [3.8, 4) is 0 Å². The summed E-state index contributed by atoms with van der Waals surface area (Å²) in [6.07, 6.45) is 5.13. The molecule has 0 spiro atoms. The number of hydrogen-bond donors (Lipinski definition) is 0. The van der Waals surface area contributed by atoms with Gasteiger partial charge < -0.3 is 4.90 Å². The topological polar surface area (TPSA) is 70.6 Å². The Morgan fingerprint density at radius 1 is 1.07 bits per heavy atom. The second kappa shape index (κ2) is 8.69. The Labute approximate surface area is 163 Å². The number of benzene rings is 1. The first-order valence-corrected chi connectivity index (χ1v) is 11.3. The van der Waals surface area contributed by atoms with Gasteiger partial charge in [-0.25, -0.2) is 13.4 Å². The Morgan fingerprint density at radius 3 is 2.44 bits per heavy atom. The lowest BCUT2D eigenvalue weighted by Crippen LogP contribution is -2.50. The van der Waals surface area contributed by atoms with Crippen LogP contribution in [0.2, 0.25) is 0 Å². The summed E-state index contributed by atoms with van der Waals surface area (Å²) in [5.74, 6) is -0.107. The molecule has 1 amide bonds. The number of amides is 1. The molecule has 2 heterocycles. The van der Waals surface area contributed by atoms with E-state index >= 15 is 0 Å². The number of carbonyl (C=O) groups is 1. The summed E-state index contributed by atoms with van der Waals surface area (Å²) in [5, 5.41) is 1.91. The van der Waals surface area contributed by atoms with Crippen molar-refractivity contribution in [3.05, 3.63) is 65.2 Å². The standard InChI is InChI=1S/C19H21N3O3S2/c1-26-18-17(8-5-10-20-18)19(23)21-11-13-22(14-12-21)27(24,25)15-9-16-6-3-2-4-7-16/h2-10,15H,11-14H2,1H3/b15-9+. The van der Waals surface area contributed by atoms with Crippen molar-refractivity contribution in [3.63, 3.8) is 0 Å². The van der Waals surface area contributed by atoms with Gasteiger partial charge in [-0.05, 0) is 30.0 Å². The number of rotatable bonds is 5. The molecule has 0 atom stereocenters. The van der Waals surface area contributed by atoms with Crippen molar-refractivity contribution < 1.29 is 13.2 Å². The zero-order chi connectivity index (χ0) is 19.3. The molecule has 1 fully saturated rings. The number of hydrogen-bond acceptors (Lipinski definition) is 5. The molecule has 6 nitrogen and oxygen atoms in total. The number of piperazine rings is 1. The van der Waals surface area contributed by atoms with Crippen LogP contribution in [0.1, 0.15) is 15.9 Å². The van der Waals surface area contributed by atoms with E-state index in [0.717, 1.165) is 5.56 Å². The number of aromatic nitrogens is 1. The predicted molar refractivity (Wildman–Crippen MR) is 108 cm³/mol. The van der Waals surface area contributed by atoms with Crippen molar-refractivity contribution in [1.29, 1.82) is 0 Å². The summed E-state index contributed by atoms with van der Waals surface area (Å²) in [5.41, 5.74) is 1.39. The molecule has 142 valence electrons. The second-order valence-electron chi connectivity index (χ2n) is 6.01. The molecule has 0 saturated carbocycles. The van der Waals surface area contributed by atoms with Gasteiger partial charge in [0, 0.05) is 37.8 Å². The molecule has 0 unspecified atom stereocenters. The zero-order valence-electron chi connectivity index (χ0n) is 15.0. The number of carbonyl (C=O) groups excluding carboxylic acids is 1. The molecule has 0 aliphatic carbocycles. The number of pyridine rings is 1. The minimum absolute atomic E-state index is 0.107. The van der Waals surface area contributed by atoms with E-state index in [1.54, 1.807) is 29.3 Å². The van der Waals surface area contributed by atoms with E-state index in [1.807, 2.05) is 36.6 Å². The summed E-state index contributed by atoms with van der Waals surface area (Å²) >= 11 is 1.42. The Bertz CT molecular complexity index is 922. The summed E-state index contributed by atoms with van der Waals surface area (Å²) in [6, 6.07) is 12.8. The van der Waals surface area contributed by atoms with E-state index in [4.69, 9.17) is 0 Å². The molecule has 27 heavy (non-hydrogen) atoms. The lowest BCUT2D eigenvalue weighted by atomic mass is 10.2. The van der Waals surface area contributed by atoms with E-state index in [0.29, 0.717) is 23.7 Å². The highest BCUT2D eigenvalue weighted by molar-refractivity contribution is 7.98. The van der Waals surface area contributed by atoms with Crippen LogP contribution in [-0.4, -0.2) is 60.9 Å². The molecule has 2 aromatic rings. The van der Waals surface area contributed by atoms with Gasteiger partial charge in [-0.1, -0.05) is 30.3 Å². The Balaban J connectivity index is 1.64. The van der Waals surface area contributed by atoms with Crippen LogP contribution >= 0.6 is 11.8 Å². The SMILES string of the molecule is CSc1ncccc1C(=O)N1CCN(S(=O)(=O)/C=C/c2ccccc2)CC1. The van der Waals surface area contributed by atoms with Gasteiger partial charge in [-0.3, -0.25) is 4.79 Å². The smallest absolute Gasteiger partial charge is 0.256 e. The molecule has 1 aromatic heterocycles. The minimum atomic E-state index is -3.51. The van der Waals surface area contributed by atoms with Gasteiger partial charge in [-0.2, -0.15) is 4.31 Å². The van der Waals surface area contributed by atoms with Crippen LogP contribution in [0.4, 0.5) is 0 Å². The number of thioether (sulfide) groups is 1. The number of sulfonamides is 1. The van der Waals surface area contributed by atoms with E-state index in [2.05, 4.69) is 4.98 Å². The fourth-order valence-electron chi connectivity index (χ4n) is 2.85. The van der Waals surface area contributed by atoms with Crippen LogP contribution in [0.5, 0.6) is 0 Å². The average molecular weight is 404 g/mol. The van der Waals surface area contributed by atoms with Crippen LogP contribution in [0.15, 0.2) is 59.1 Å². The van der Waals surface area contributed by atoms with E-state index < -0.39 is 10.0 Å². The lowest BCUT2D eigenvalue weighted by molar-refractivity contribution is 0.0694. The Morgan fingerprint density at radius 2 is 1.78 bits per heavy atom. The fourth-order valence-corrected chi connectivity index (χ4v) is 4.56. The van der Waals surface area contributed by atoms with E-state index in [-0.39, 0.29) is 19.0 Å². The Hall–Kier alpha value is -2.16. The highest BCUT2D eigenvalue weighted by Crippen LogP contribution is 2.20. The van der Waals surface area contributed by atoms with E-state index in [9.17, 15) is 13.2 Å². The fraction of sp³-hybridized carbons (Fsp3) is 0.263. The maximum absolute atomic E-state index is 12.7. The quantitative estimate of drug-likeness (QED) is 0.718. The minimum Gasteiger partial charge on any atom is -0.336 e. The summed E-state index contributed by atoms with van der Waals surface area (Å²) < 4.78 is 26.5. The van der Waals surface area contributed by atoms with Crippen molar-refractivity contribution in [1.82, 2.24) is 14.2 Å². The first kappa shape index (κ1) is 19.6. The third-order valence-corrected chi connectivity index (χ3v) is 6.59. The maximum Gasteiger partial charge on any atom is 0.256 e. The zero-order valence-corrected chi connectivity index (χ0v) is 16.6. The highest BCUT2D eigenvalue weighted by atomic mass is 32.2. The molecule has 0 radical (unpaired) electrons. The molecule has 1 saturated heterocycles. The maximum atomic E-state index is 12.7. The highest BCUT2D eigenvalue weighted by Gasteiger charge is 2.28. The van der Waals surface area contributed by atoms with Gasteiger partial charge in [0.2, 0.25) is 10.0 Å². The first-order valence-electron chi connectivity index (χ1n) is 8.53. The summed E-state index contributed by atoms with van der Waals surface area (Å²) in [4.78, 5) is 18.6. The van der Waals surface area contributed by atoms with Gasteiger partial charge >= 0.3 is 0 Å². The van der Waals surface area contributed by atoms with Crippen LogP contribution in [0, 0.1) is 0 Å². The normalized spacial score (nSPS) is 16.0. The molecule has 3 rings (SSSR count). The van der Waals surface area contributed by atoms with Gasteiger partial charge in [0.25, 0.3) is 5.91 Å². The molecular formula is C19H21N3O3S2. The summed E-state index contributed by atoms with van der Waals surface area (Å²) in [6.45, 7) is 1.28. The van der Waals surface area contributed by atoms with E-state index in [1.165, 1.54) is 21.5 Å². The van der Waals surface area contributed by atoms with Gasteiger partial charge in [0.1, 0.15) is 5.03 Å². The van der Waals surface area contributed by atoms with Gasteiger partial charge in [0.05, 0.1) is 5.56 Å². The molecule has 1 aliphatic heterocycles. The van der Waals surface area contributed by atoms with Gasteiger partial charge in [0.15, 0.2) is 0 Å². The van der Waals surface area contributed by atoms with Crippen LogP contribution in [0.3, 0.4) is 0 Å². The monoisotopic (exact) mass is 403 g/mol. The number of nitrogens with zero attached hydrogens (tertiary/aromatic N) is 3. The third kappa shape index (κ3) is 4.77. The molecule has 1 aliphatic rings. The van der Waals surface area contributed by atoms with Crippen molar-refractivity contribution >= 4 is 33.8 Å². The molecule has 8 heteroatoms.